The van der Waals surface area contributed by atoms with Crippen LogP contribution in [0.2, 0.25) is 0 Å². The van der Waals surface area contributed by atoms with Gasteiger partial charge in [0.25, 0.3) is 0 Å². The normalized spacial score (nSPS) is 14.5. The molecule has 0 fully saturated rings. The molecular formula is C14H19N3. The van der Waals surface area contributed by atoms with Crippen molar-refractivity contribution < 1.29 is 0 Å². The van der Waals surface area contributed by atoms with Crippen molar-refractivity contribution in [3.63, 3.8) is 0 Å². The van der Waals surface area contributed by atoms with Crippen LogP contribution in [0.3, 0.4) is 0 Å². The molecule has 3 nitrogen and oxygen atoms in total. The van der Waals surface area contributed by atoms with Crippen LogP contribution in [0, 0.1) is 0 Å². The number of nitrogens with zero attached hydrogens (tertiary/aromatic N) is 2. The number of hydrogen-bond donors (Lipinski definition) is 1. The first kappa shape index (κ1) is 11.9. The predicted octanol–water partition coefficient (Wildman–Crippen LogP) is 2.09. The zero-order valence-electron chi connectivity index (χ0n) is 10.4. The van der Waals surface area contributed by atoms with Crippen molar-refractivity contribution in [3.05, 3.63) is 54.1 Å². The average molecular weight is 229 g/mol. The number of benzene rings is 1. The summed E-state index contributed by atoms with van der Waals surface area (Å²) in [6.45, 7) is 2.17. The lowest BCUT2D eigenvalue weighted by Crippen LogP contribution is -2.30. The molecule has 0 saturated heterocycles. The van der Waals surface area contributed by atoms with Gasteiger partial charge < -0.3 is 10.3 Å². The van der Waals surface area contributed by atoms with E-state index in [0.29, 0.717) is 5.92 Å². The van der Waals surface area contributed by atoms with Gasteiger partial charge in [-0.25, -0.2) is 4.98 Å². The molecule has 90 valence electrons. The second-order valence-electron chi connectivity index (χ2n) is 4.52. The Hall–Kier alpha value is -1.61. The maximum Gasteiger partial charge on any atom is 0.109 e. The molecule has 1 aromatic carbocycles. The minimum Gasteiger partial charge on any atom is -0.338 e. The van der Waals surface area contributed by atoms with Gasteiger partial charge in [0, 0.05) is 31.9 Å². The molecule has 0 bridgehead atoms. The van der Waals surface area contributed by atoms with Crippen molar-refractivity contribution in [1.82, 2.24) is 9.55 Å². The van der Waals surface area contributed by atoms with Gasteiger partial charge in [-0.3, -0.25) is 0 Å². The van der Waals surface area contributed by atoms with Crippen LogP contribution < -0.4 is 5.73 Å². The van der Waals surface area contributed by atoms with Gasteiger partial charge in [-0.05, 0) is 11.5 Å². The summed E-state index contributed by atoms with van der Waals surface area (Å²) in [5.74, 6) is 1.38. The summed E-state index contributed by atoms with van der Waals surface area (Å²) in [6.07, 6.45) is 4.57. The third-order valence-corrected chi connectivity index (χ3v) is 3.31. The molecular weight excluding hydrogens is 210 g/mol. The second-order valence-corrected chi connectivity index (χ2v) is 4.52. The summed E-state index contributed by atoms with van der Waals surface area (Å²) in [5.41, 5.74) is 7.54. The van der Waals surface area contributed by atoms with Crippen LogP contribution >= 0.6 is 0 Å². The van der Waals surface area contributed by atoms with Crippen LogP contribution in [0.5, 0.6) is 0 Å². The highest BCUT2D eigenvalue weighted by Crippen LogP contribution is 2.19. The summed E-state index contributed by atoms with van der Waals surface area (Å²) in [5, 5.41) is 0. The number of imidazole rings is 1. The monoisotopic (exact) mass is 229 g/mol. The van der Waals surface area contributed by atoms with Crippen LogP contribution in [0.25, 0.3) is 0 Å². The Morgan fingerprint density at radius 3 is 2.59 bits per heavy atom. The molecule has 0 aliphatic rings. The number of hydrogen-bond acceptors (Lipinski definition) is 2. The molecule has 0 aliphatic heterocycles. The molecule has 1 aromatic heterocycles. The third-order valence-electron chi connectivity index (χ3n) is 3.31. The van der Waals surface area contributed by atoms with Gasteiger partial charge in [-0.2, -0.15) is 0 Å². The van der Waals surface area contributed by atoms with Gasteiger partial charge in [0.2, 0.25) is 0 Å². The fraction of sp³-hybridized carbons (Fsp3) is 0.357. The molecule has 2 unspecified atom stereocenters. The van der Waals surface area contributed by atoms with Crippen molar-refractivity contribution in [2.75, 3.05) is 0 Å². The Bertz CT molecular complexity index is 461. The first-order valence-electron chi connectivity index (χ1n) is 5.95. The number of aryl methyl sites for hydroxylation is 1. The van der Waals surface area contributed by atoms with E-state index < -0.39 is 0 Å². The highest BCUT2D eigenvalue weighted by molar-refractivity contribution is 5.20. The van der Waals surface area contributed by atoms with E-state index in [1.54, 1.807) is 0 Å². The Morgan fingerprint density at radius 1 is 1.29 bits per heavy atom. The highest BCUT2D eigenvalue weighted by Gasteiger charge is 2.16. The van der Waals surface area contributed by atoms with Crippen molar-refractivity contribution in [1.29, 1.82) is 0 Å². The van der Waals surface area contributed by atoms with Gasteiger partial charge in [0.1, 0.15) is 5.82 Å². The predicted molar refractivity (Wildman–Crippen MR) is 69.7 cm³/mol. The van der Waals surface area contributed by atoms with E-state index in [4.69, 9.17) is 5.73 Å². The van der Waals surface area contributed by atoms with Crippen molar-refractivity contribution in [2.24, 2.45) is 12.8 Å². The molecule has 0 aliphatic carbocycles. The summed E-state index contributed by atoms with van der Waals surface area (Å²) in [4.78, 5) is 4.31. The SMILES string of the molecule is CC(c1ccccc1)C(N)Cc1nccn1C. The summed E-state index contributed by atoms with van der Waals surface area (Å²) in [7, 11) is 2.00. The molecule has 3 heteroatoms. The van der Waals surface area contributed by atoms with E-state index >= 15 is 0 Å². The lowest BCUT2D eigenvalue weighted by molar-refractivity contribution is 0.542. The Balaban J connectivity index is 2.06. The quantitative estimate of drug-likeness (QED) is 0.872. The lowest BCUT2D eigenvalue weighted by Gasteiger charge is -2.20. The zero-order valence-corrected chi connectivity index (χ0v) is 10.4. The first-order valence-corrected chi connectivity index (χ1v) is 5.95. The van der Waals surface area contributed by atoms with Gasteiger partial charge in [0.05, 0.1) is 0 Å². The zero-order chi connectivity index (χ0) is 12.3. The van der Waals surface area contributed by atoms with Crippen molar-refractivity contribution >= 4 is 0 Å². The second kappa shape index (κ2) is 5.15. The largest absolute Gasteiger partial charge is 0.338 e. The number of nitrogens with two attached hydrogens (primary N) is 1. The van der Waals surface area contributed by atoms with Crippen molar-refractivity contribution in [2.45, 2.75) is 25.3 Å². The molecule has 0 saturated carbocycles. The summed E-state index contributed by atoms with van der Waals surface area (Å²) in [6, 6.07) is 10.5. The molecule has 2 atom stereocenters. The van der Waals surface area contributed by atoms with Crippen LogP contribution in [0.15, 0.2) is 42.7 Å². The van der Waals surface area contributed by atoms with Crippen LogP contribution in [0.1, 0.15) is 24.2 Å². The smallest absolute Gasteiger partial charge is 0.109 e. The van der Waals surface area contributed by atoms with Crippen LogP contribution in [-0.4, -0.2) is 15.6 Å². The topological polar surface area (TPSA) is 43.8 Å². The van der Waals surface area contributed by atoms with E-state index in [9.17, 15) is 0 Å². The fourth-order valence-electron chi connectivity index (χ4n) is 1.98. The minimum atomic E-state index is 0.0958. The molecule has 2 aromatic rings. The maximum absolute atomic E-state index is 6.26. The molecule has 17 heavy (non-hydrogen) atoms. The third kappa shape index (κ3) is 2.74. The molecule has 2 N–H and O–H groups in total. The van der Waals surface area contributed by atoms with Crippen LogP contribution in [0.4, 0.5) is 0 Å². The van der Waals surface area contributed by atoms with Gasteiger partial charge in [-0.1, -0.05) is 37.3 Å². The molecule has 0 spiro atoms. The summed E-state index contributed by atoms with van der Waals surface area (Å²) >= 11 is 0. The fourth-order valence-corrected chi connectivity index (χ4v) is 1.98. The van der Waals surface area contributed by atoms with Gasteiger partial charge in [0.15, 0.2) is 0 Å². The summed E-state index contributed by atoms with van der Waals surface area (Å²) < 4.78 is 2.03. The molecule has 1 heterocycles. The Kier molecular flexibility index (Phi) is 3.59. The van der Waals surface area contributed by atoms with Crippen molar-refractivity contribution in [3.8, 4) is 0 Å². The van der Waals surface area contributed by atoms with Crippen LogP contribution in [-0.2, 0) is 13.5 Å². The Morgan fingerprint density at radius 2 is 2.00 bits per heavy atom. The number of aromatic nitrogens is 2. The minimum absolute atomic E-state index is 0.0958. The maximum atomic E-state index is 6.26. The molecule has 0 radical (unpaired) electrons. The van der Waals surface area contributed by atoms with E-state index in [1.165, 1.54) is 5.56 Å². The molecule has 2 rings (SSSR count). The first-order chi connectivity index (χ1) is 8.18. The van der Waals surface area contributed by atoms with E-state index in [-0.39, 0.29) is 6.04 Å². The van der Waals surface area contributed by atoms with Gasteiger partial charge in [-0.15, -0.1) is 0 Å². The molecule has 0 amide bonds. The standard InChI is InChI=1S/C14H19N3/c1-11(12-6-4-3-5-7-12)13(15)10-14-16-8-9-17(14)2/h3-9,11,13H,10,15H2,1-2H3. The average Bonchev–Trinajstić information content (AvgIpc) is 2.75. The Labute approximate surface area is 102 Å². The lowest BCUT2D eigenvalue weighted by atomic mass is 9.92. The van der Waals surface area contributed by atoms with E-state index in [2.05, 4.69) is 36.2 Å². The van der Waals surface area contributed by atoms with E-state index in [0.717, 1.165) is 12.2 Å². The van der Waals surface area contributed by atoms with E-state index in [1.807, 2.05) is 30.1 Å². The highest BCUT2D eigenvalue weighted by atomic mass is 15.0. The number of rotatable bonds is 4. The van der Waals surface area contributed by atoms with Gasteiger partial charge >= 0.3 is 0 Å².